The monoisotopic (exact) mass is 479 g/mol. The first-order chi connectivity index (χ1) is 15.7. The number of amides is 2. The van der Waals surface area contributed by atoms with E-state index in [1.54, 1.807) is 0 Å². The van der Waals surface area contributed by atoms with Gasteiger partial charge in [-0.3, -0.25) is 9.59 Å². The van der Waals surface area contributed by atoms with Gasteiger partial charge in [0.05, 0.1) is 28.5 Å². The molecule has 2 heterocycles. The number of fused-ring (bicyclic) bond motifs is 1. The quantitative estimate of drug-likeness (QED) is 0.582. The van der Waals surface area contributed by atoms with Crippen LogP contribution in [-0.4, -0.2) is 73.8 Å². The topological polar surface area (TPSA) is 133 Å². The summed E-state index contributed by atoms with van der Waals surface area (Å²) in [6.45, 7) is -0.00323. The molecule has 2 aromatic rings. The van der Waals surface area contributed by atoms with Gasteiger partial charge in [-0.15, -0.1) is 0 Å². The van der Waals surface area contributed by atoms with Crippen molar-refractivity contribution < 1.29 is 31.5 Å². The Labute approximate surface area is 188 Å². The van der Waals surface area contributed by atoms with Crippen LogP contribution in [-0.2, 0) is 19.6 Å². The smallest absolute Gasteiger partial charge is 0.388 e. The number of pyridine rings is 1. The van der Waals surface area contributed by atoms with Crippen molar-refractivity contribution in [1.82, 2.24) is 19.5 Å². The van der Waals surface area contributed by atoms with Crippen molar-refractivity contribution in [1.29, 1.82) is 5.26 Å². The predicted molar refractivity (Wildman–Crippen MR) is 112 cm³/mol. The number of ether oxygens (including phenoxy) is 1. The van der Waals surface area contributed by atoms with E-state index in [0.717, 1.165) is 16.6 Å². The first-order valence-electron chi connectivity index (χ1n) is 9.64. The molecule has 0 aliphatic carbocycles. The van der Waals surface area contributed by atoms with Crippen molar-refractivity contribution in [3.05, 3.63) is 42.6 Å². The van der Waals surface area contributed by atoms with E-state index in [4.69, 9.17) is 0 Å². The highest BCUT2D eigenvalue weighted by Crippen LogP contribution is 2.33. The number of hydrogen-bond donors (Lipinski definition) is 1. The molecule has 0 radical (unpaired) electrons. The number of alkyl halides is 2. The van der Waals surface area contributed by atoms with Crippen LogP contribution in [0.1, 0.15) is 5.56 Å². The maximum atomic E-state index is 13.3. The summed E-state index contributed by atoms with van der Waals surface area (Å²) in [6, 6.07) is 5.57. The third-order valence-corrected chi connectivity index (χ3v) is 6.94. The number of nitriles is 1. The molecule has 174 valence electrons. The second-order valence-corrected chi connectivity index (χ2v) is 8.75. The lowest BCUT2D eigenvalue weighted by molar-refractivity contribution is -0.133. The van der Waals surface area contributed by atoms with Crippen molar-refractivity contribution >= 4 is 32.6 Å². The molecular weight excluding hydrogens is 460 g/mol. The lowest BCUT2D eigenvalue weighted by Gasteiger charge is -2.34. The fraction of sp³-hybridized carbons (Fsp3) is 0.300. The van der Waals surface area contributed by atoms with Gasteiger partial charge in [-0.05, 0) is 24.3 Å². The van der Waals surface area contributed by atoms with Crippen molar-refractivity contribution in [2.75, 3.05) is 32.7 Å². The average molecular weight is 479 g/mol. The Kier molecular flexibility index (Phi) is 7.19. The number of hydrogen-bond acceptors (Lipinski definition) is 7. The lowest BCUT2D eigenvalue weighted by Crippen LogP contribution is -2.52. The number of piperazine rings is 1. The van der Waals surface area contributed by atoms with Crippen LogP contribution in [0.15, 0.2) is 41.9 Å². The Balaban J connectivity index is 1.86. The molecule has 0 bridgehead atoms. The van der Waals surface area contributed by atoms with Crippen molar-refractivity contribution in [3.8, 4) is 11.9 Å². The summed E-state index contributed by atoms with van der Waals surface area (Å²) in [7, 11) is -4.11. The molecule has 1 aromatic heterocycles. The standard InChI is InChI=1S/C20H19F2N5O5S/c1-2-16(28)25-12-17(29)26-7-9-27(10-8-26)33(30,31)15-4-3-13(11-23)18-14(15)5-6-24-19(18)32-20(21)22/h2-6,20H,1,7-10,12H2,(H,25,28). The summed E-state index contributed by atoms with van der Waals surface area (Å²) in [5.74, 6) is -1.42. The van der Waals surface area contributed by atoms with Crippen LogP contribution >= 0.6 is 0 Å². The van der Waals surface area contributed by atoms with Crippen LogP contribution in [0.3, 0.4) is 0 Å². The molecule has 33 heavy (non-hydrogen) atoms. The highest BCUT2D eigenvalue weighted by molar-refractivity contribution is 7.89. The molecule has 1 aromatic carbocycles. The first-order valence-corrected chi connectivity index (χ1v) is 11.1. The Morgan fingerprint density at radius 2 is 1.97 bits per heavy atom. The molecule has 1 N–H and O–H groups in total. The molecule has 1 aliphatic rings. The predicted octanol–water partition coefficient (Wildman–Crippen LogP) is 0.843. The van der Waals surface area contributed by atoms with Crippen molar-refractivity contribution in [2.45, 2.75) is 11.5 Å². The summed E-state index contributed by atoms with van der Waals surface area (Å²) in [4.78, 5) is 28.4. The van der Waals surface area contributed by atoms with E-state index < -0.39 is 28.4 Å². The van der Waals surface area contributed by atoms with E-state index in [9.17, 15) is 32.0 Å². The number of halogens is 2. The van der Waals surface area contributed by atoms with Gasteiger partial charge in [0, 0.05) is 37.8 Å². The van der Waals surface area contributed by atoms with Gasteiger partial charge in [-0.1, -0.05) is 6.58 Å². The van der Waals surface area contributed by atoms with Gasteiger partial charge in [0.2, 0.25) is 27.7 Å². The highest BCUT2D eigenvalue weighted by Gasteiger charge is 2.32. The van der Waals surface area contributed by atoms with Crippen LogP contribution in [0.4, 0.5) is 8.78 Å². The summed E-state index contributed by atoms with van der Waals surface area (Å²) in [6.07, 6.45) is 2.15. The van der Waals surface area contributed by atoms with Crippen LogP contribution in [0.5, 0.6) is 5.88 Å². The molecular formula is C20H19F2N5O5S. The molecule has 10 nitrogen and oxygen atoms in total. The second-order valence-electron chi connectivity index (χ2n) is 6.85. The maximum Gasteiger partial charge on any atom is 0.388 e. The molecule has 1 saturated heterocycles. The normalized spacial score (nSPS) is 14.7. The summed E-state index contributed by atoms with van der Waals surface area (Å²) in [5.41, 5.74) is -0.0651. The Hall–Kier alpha value is -3.63. The molecule has 3 rings (SSSR count). The number of rotatable bonds is 7. The maximum absolute atomic E-state index is 13.3. The Morgan fingerprint density at radius 3 is 2.58 bits per heavy atom. The van der Waals surface area contributed by atoms with Gasteiger partial charge < -0.3 is 15.0 Å². The zero-order valence-electron chi connectivity index (χ0n) is 17.2. The third kappa shape index (κ3) is 5.07. The minimum absolute atomic E-state index is 0.0174. The van der Waals surface area contributed by atoms with Gasteiger partial charge in [-0.2, -0.15) is 18.3 Å². The van der Waals surface area contributed by atoms with Gasteiger partial charge in [-0.25, -0.2) is 13.4 Å². The molecule has 0 saturated carbocycles. The Bertz CT molecular complexity index is 1240. The lowest BCUT2D eigenvalue weighted by atomic mass is 10.1. The summed E-state index contributed by atoms with van der Waals surface area (Å²) in [5, 5.41) is 11.6. The molecule has 0 spiro atoms. The number of carbonyl (C=O) groups excluding carboxylic acids is 2. The molecule has 1 fully saturated rings. The number of aromatic nitrogens is 1. The Morgan fingerprint density at radius 1 is 1.27 bits per heavy atom. The van der Waals surface area contributed by atoms with Crippen LogP contribution in [0.2, 0.25) is 0 Å². The third-order valence-electron chi connectivity index (χ3n) is 4.98. The van der Waals surface area contributed by atoms with Crippen molar-refractivity contribution in [3.63, 3.8) is 0 Å². The second kappa shape index (κ2) is 9.88. The first kappa shape index (κ1) is 24.0. The van der Waals surface area contributed by atoms with Crippen LogP contribution < -0.4 is 10.1 Å². The van der Waals surface area contributed by atoms with Crippen molar-refractivity contribution in [2.24, 2.45) is 0 Å². The van der Waals surface area contributed by atoms with E-state index in [2.05, 4.69) is 21.6 Å². The average Bonchev–Trinajstić information content (AvgIpc) is 2.81. The zero-order valence-corrected chi connectivity index (χ0v) is 18.0. The summed E-state index contributed by atoms with van der Waals surface area (Å²) < 4.78 is 57.8. The summed E-state index contributed by atoms with van der Waals surface area (Å²) >= 11 is 0. The van der Waals surface area contributed by atoms with Crippen LogP contribution in [0, 0.1) is 11.3 Å². The zero-order chi connectivity index (χ0) is 24.2. The minimum atomic E-state index is -4.11. The molecule has 13 heteroatoms. The van der Waals surface area contributed by atoms with E-state index in [1.807, 2.05) is 6.07 Å². The fourth-order valence-corrected chi connectivity index (χ4v) is 5.01. The molecule has 0 atom stereocenters. The van der Waals surface area contributed by atoms with E-state index in [0.29, 0.717) is 0 Å². The van der Waals surface area contributed by atoms with E-state index in [-0.39, 0.29) is 59.9 Å². The van der Waals surface area contributed by atoms with Gasteiger partial charge in [0.1, 0.15) is 0 Å². The fourth-order valence-electron chi connectivity index (χ4n) is 3.40. The van der Waals surface area contributed by atoms with E-state index in [1.165, 1.54) is 23.1 Å². The number of carbonyl (C=O) groups is 2. The van der Waals surface area contributed by atoms with Gasteiger partial charge in [0.25, 0.3) is 0 Å². The number of benzene rings is 1. The van der Waals surface area contributed by atoms with Crippen LogP contribution in [0.25, 0.3) is 10.8 Å². The highest BCUT2D eigenvalue weighted by atomic mass is 32.2. The molecule has 0 unspecified atom stereocenters. The largest absolute Gasteiger partial charge is 0.416 e. The minimum Gasteiger partial charge on any atom is -0.416 e. The SMILES string of the molecule is C=CC(=O)NCC(=O)N1CCN(S(=O)(=O)c2ccc(C#N)c3c(OC(F)F)nccc23)CC1. The molecule has 2 amide bonds. The number of sulfonamides is 1. The number of nitrogens with one attached hydrogen (secondary N) is 1. The van der Waals surface area contributed by atoms with Gasteiger partial charge in [0.15, 0.2) is 0 Å². The number of nitrogens with zero attached hydrogens (tertiary/aromatic N) is 4. The van der Waals surface area contributed by atoms with Gasteiger partial charge >= 0.3 is 6.61 Å². The van der Waals surface area contributed by atoms with E-state index >= 15 is 0 Å². The molecule has 1 aliphatic heterocycles.